The van der Waals surface area contributed by atoms with Gasteiger partial charge in [-0.2, -0.15) is 0 Å². The lowest BCUT2D eigenvalue weighted by Gasteiger charge is -2.33. The van der Waals surface area contributed by atoms with E-state index >= 15 is 0 Å². The first-order valence-corrected chi connectivity index (χ1v) is 10.1. The van der Waals surface area contributed by atoms with Gasteiger partial charge in [0.15, 0.2) is 5.96 Å². The third kappa shape index (κ3) is 10.3. The van der Waals surface area contributed by atoms with Gasteiger partial charge < -0.3 is 29.6 Å². The lowest BCUT2D eigenvalue weighted by molar-refractivity contribution is -0.127. The molecule has 1 fully saturated rings. The Labute approximate surface area is 191 Å². The van der Waals surface area contributed by atoms with Crippen molar-refractivity contribution in [3.63, 3.8) is 0 Å². The smallest absolute Gasteiger partial charge is 0.243 e. The first-order valence-electron chi connectivity index (χ1n) is 10.1. The normalized spacial score (nSPS) is 15.6. The van der Waals surface area contributed by atoms with Crippen LogP contribution in [0.15, 0.2) is 27.8 Å². The predicted octanol–water partition coefficient (Wildman–Crippen LogP) is 1.56. The maximum atomic E-state index is 11.9. The lowest BCUT2D eigenvalue weighted by Crippen LogP contribution is -2.49. The molecule has 0 aromatic carbocycles. The molecule has 2 rings (SSSR count). The Morgan fingerprint density at radius 2 is 2.14 bits per heavy atom. The Balaban J connectivity index is 0.00000420. The fraction of sp³-hybridized carbons (Fsp3) is 0.700. The molecule has 0 atom stereocenters. The van der Waals surface area contributed by atoms with Gasteiger partial charge >= 0.3 is 0 Å². The number of piperidine rings is 1. The Morgan fingerprint density at radius 1 is 1.38 bits per heavy atom. The highest BCUT2D eigenvalue weighted by atomic mass is 127. The van der Waals surface area contributed by atoms with Crippen molar-refractivity contribution in [2.75, 3.05) is 60.5 Å². The molecule has 0 aliphatic carbocycles. The van der Waals surface area contributed by atoms with E-state index in [0.29, 0.717) is 18.5 Å². The molecule has 1 amide bonds. The molecule has 0 saturated carbocycles. The van der Waals surface area contributed by atoms with Crippen LogP contribution in [0.1, 0.15) is 25.0 Å². The van der Waals surface area contributed by atoms with E-state index in [1.807, 2.05) is 12.1 Å². The van der Waals surface area contributed by atoms with E-state index in [9.17, 15) is 4.79 Å². The Hall–Kier alpha value is -1.33. The van der Waals surface area contributed by atoms with Crippen LogP contribution in [-0.2, 0) is 16.0 Å². The van der Waals surface area contributed by atoms with E-state index in [1.54, 1.807) is 32.4 Å². The minimum Gasteiger partial charge on any atom is -0.469 e. The third-order valence-corrected chi connectivity index (χ3v) is 4.87. The number of aliphatic imine (C=N–C) groups is 1. The van der Waals surface area contributed by atoms with E-state index in [2.05, 4.69) is 20.5 Å². The van der Waals surface area contributed by atoms with Crippen LogP contribution in [0.3, 0.4) is 0 Å². The summed E-state index contributed by atoms with van der Waals surface area (Å²) in [5.74, 6) is 1.61. The van der Waals surface area contributed by atoms with Crippen molar-refractivity contribution in [1.29, 1.82) is 0 Å². The maximum absolute atomic E-state index is 11.9. The molecule has 29 heavy (non-hydrogen) atoms. The van der Waals surface area contributed by atoms with Gasteiger partial charge in [-0.05, 0) is 31.4 Å². The van der Waals surface area contributed by atoms with Crippen molar-refractivity contribution >= 4 is 35.8 Å². The number of rotatable bonds is 10. The zero-order valence-electron chi connectivity index (χ0n) is 17.9. The van der Waals surface area contributed by atoms with Gasteiger partial charge in [-0.3, -0.25) is 4.79 Å². The summed E-state index contributed by atoms with van der Waals surface area (Å²) in [6.07, 6.45) is 5.65. The van der Waals surface area contributed by atoms with Crippen molar-refractivity contribution in [1.82, 2.24) is 20.4 Å². The number of likely N-dealkylation sites (tertiary alicyclic amines) is 1. The van der Waals surface area contributed by atoms with Crippen molar-refractivity contribution in [2.24, 2.45) is 4.99 Å². The van der Waals surface area contributed by atoms with E-state index in [-0.39, 0.29) is 36.4 Å². The van der Waals surface area contributed by atoms with Crippen LogP contribution in [0.25, 0.3) is 0 Å². The number of halogens is 1. The topological polar surface area (TPSA) is 82.3 Å². The number of likely N-dealkylation sites (N-methyl/N-ethyl adjacent to an activating group) is 1. The van der Waals surface area contributed by atoms with E-state index in [4.69, 9.17) is 9.15 Å². The zero-order valence-corrected chi connectivity index (χ0v) is 20.2. The first kappa shape index (κ1) is 25.7. The van der Waals surface area contributed by atoms with Crippen LogP contribution in [0.2, 0.25) is 0 Å². The highest BCUT2D eigenvalue weighted by molar-refractivity contribution is 14.0. The van der Waals surface area contributed by atoms with Crippen LogP contribution < -0.4 is 10.6 Å². The number of hydrogen-bond donors (Lipinski definition) is 2. The molecule has 0 unspecified atom stereocenters. The SMILES string of the molecule is COCCCN1CCC(NC(=NCC(=O)N(C)C)NCCc2ccco2)CC1.I. The van der Waals surface area contributed by atoms with Crippen molar-refractivity contribution < 1.29 is 13.9 Å². The van der Waals surface area contributed by atoms with Crippen LogP contribution >= 0.6 is 24.0 Å². The van der Waals surface area contributed by atoms with Crippen LogP contribution in [0.5, 0.6) is 0 Å². The second-order valence-corrected chi connectivity index (χ2v) is 7.32. The number of furan rings is 1. The fourth-order valence-electron chi connectivity index (χ4n) is 3.13. The molecule has 9 heteroatoms. The quantitative estimate of drug-likeness (QED) is 0.211. The van der Waals surface area contributed by atoms with Gasteiger partial charge in [0.1, 0.15) is 12.3 Å². The molecule has 1 aromatic heterocycles. The summed E-state index contributed by atoms with van der Waals surface area (Å²) < 4.78 is 10.5. The molecular formula is C20H36IN5O3. The molecule has 0 bridgehead atoms. The highest BCUT2D eigenvalue weighted by Gasteiger charge is 2.20. The molecule has 8 nitrogen and oxygen atoms in total. The summed E-state index contributed by atoms with van der Waals surface area (Å²) in [6, 6.07) is 4.21. The van der Waals surface area contributed by atoms with E-state index in [0.717, 1.165) is 57.7 Å². The second-order valence-electron chi connectivity index (χ2n) is 7.32. The number of carbonyl (C=O) groups is 1. The summed E-state index contributed by atoms with van der Waals surface area (Å²) in [7, 11) is 5.24. The Bertz CT molecular complexity index is 587. The Kier molecular flexibility index (Phi) is 13.0. The summed E-state index contributed by atoms with van der Waals surface area (Å²) in [4.78, 5) is 20.4. The monoisotopic (exact) mass is 521 g/mol. The average Bonchev–Trinajstić information content (AvgIpc) is 3.20. The van der Waals surface area contributed by atoms with Crippen LogP contribution in [-0.4, -0.2) is 88.2 Å². The van der Waals surface area contributed by atoms with Gasteiger partial charge in [0, 0.05) is 66.5 Å². The minimum absolute atomic E-state index is 0. The average molecular weight is 521 g/mol. The van der Waals surface area contributed by atoms with Gasteiger partial charge in [0.25, 0.3) is 0 Å². The molecule has 0 spiro atoms. The number of nitrogens with one attached hydrogen (secondary N) is 2. The van der Waals surface area contributed by atoms with E-state index in [1.165, 1.54) is 0 Å². The molecule has 1 aliphatic rings. The number of methoxy groups -OCH3 is 1. The molecule has 1 aromatic rings. The van der Waals surface area contributed by atoms with Gasteiger partial charge in [-0.15, -0.1) is 24.0 Å². The predicted molar refractivity (Wildman–Crippen MR) is 126 cm³/mol. The highest BCUT2D eigenvalue weighted by Crippen LogP contribution is 2.10. The lowest BCUT2D eigenvalue weighted by atomic mass is 10.1. The van der Waals surface area contributed by atoms with Crippen LogP contribution in [0.4, 0.5) is 0 Å². The summed E-state index contributed by atoms with van der Waals surface area (Å²) in [6.45, 7) is 4.87. The zero-order chi connectivity index (χ0) is 20.2. The molecule has 1 aliphatic heterocycles. The molecule has 0 radical (unpaired) electrons. The Morgan fingerprint density at radius 3 is 2.76 bits per heavy atom. The molecule has 166 valence electrons. The fourth-order valence-corrected chi connectivity index (χ4v) is 3.13. The van der Waals surface area contributed by atoms with Gasteiger partial charge in [-0.25, -0.2) is 4.99 Å². The number of hydrogen-bond acceptors (Lipinski definition) is 5. The summed E-state index contributed by atoms with van der Waals surface area (Å²) in [5, 5.41) is 6.84. The van der Waals surface area contributed by atoms with Crippen molar-refractivity contribution in [2.45, 2.75) is 31.7 Å². The van der Waals surface area contributed by atoms with Crippen molar-refractivity contribution in [3.8, 4) is 0 Å². The first-order chi connectivity index (χ1) is 13.6. The minimum atomic E-state index is -0.0138. The molecular weight excluding hydrogens is 485 g/mol. The molecule has 2 heterocycles. The molecule has 2 N–H and O–H groups in total. The van der Waals surface area contributed by atoms with Gasteiger partial charge in [0.05, 0.1) is 6.26 Å². The number of carbonyl (C=O) groups excluding carboxylic acids is 1. The number of ether oxygens (including phenoxy) is 1. The maximum Gasteiger partial charge on any atom is 0.243 e. The van der Waals surface area contributed by atoms with Crippen molar-refractivity contribution in [3.05, 3.63) is 24.2 Å². The number of amides is 1. The summed E-state index contributed by atoms with van der Waals surface area (Å²) in [5.41, 5.74) is 0. The molecule has 1 saturated heterocycles. The van der Waals surface area contributed by atoms with Crippen LogP contribution in [0, 0.1) is 0 Å². The number of guanidine groups is 1. The second kappa shape index (κ2) is 14.6. The van der Waals surface area contributed by atoms with Gasteiger partial charge in [0.2, 0.25) is 5.91 Å². The third-order valence-electron chi connectivity index (χ3n) is 4.87. The standard InChI is InChI=1S/C20H35N5O3.HI/c1-24(2)19(26)16-22-20(21-10-7-18-6-4-15-28-18)23-17-8-12-25(13-9-17)11-5-14-27-3;/h4,6,15,17H,5,7-14,16H2,1-3H3,(H2,21,22,23);1H. The summed E-state index contributed by atoms with van der Waals surface area (Å²) >= 11 is 0. The largest absolute Gasteiger partial charge is 0.469 e. The van der Waals surface area contributed by atoms with E-state index < -0.39 is 0 Å². The number of nitrogens with zero attached hydrogens (tertiary/aromatic N) is 3. The van der Waals surface area contributed by atoms with Gasteiger partial charge in [-0.1, -0.05) is 0 Å².